The molecule has 1 aliphatic heterocycles. The first-order valence-corrected chi connectivity index (χ1v) is 13.1. The van der Waals surface area contributed by atoms with Crippen LogP contribution in [0.1, 0.15) is 37.1 Å². The molecule has 2 atom stereocenters. The molecule has 1 fully saturated rings. The Balaban J connectivity index is 2.02. The first-order valence-electron chi connectivity index (χ1n) is 9.73. The molecule has 0 bridgehead atoms. The largest absolute Gasteiger partial charge is 0.433 e. The van der Waals surface area contributed by atoms with Crippen molar-refractivity contribution in [1.29, 1.82) is 0 Å². The smallest absolute Gasteiger partial charge is 0.416 e. The molecule has 7 nitrogen and oxygen atoms in total. The van der Waals surface area contributed by atoms with Crippen LogP contribution in [0.3, 0.4) is 0 Å². The first kappa shape index (κ1) is 26.3. The second-order valence-corrected chi connectivity index (χ2v) is 12.5. The number of hydrogen-bond acceptors (Lipinski definition) is 7. The fourth-order valence-corrected chi connectivity index (χ4v) is 5.98. The zero-order valence-electron chi connectivity index (χ0n) is 17.8. The molecule has 1 saturated heterocycles. The number of nitrogens with zero attached hydrogens (tertiary/aromatic N) is 1. The molecule has 188 valence electrons. The molecule has 0 saturated carbocycles. The highest BCUT2D eigenvalue weighted by molar-refractivity contribution is 7.92. The Kier molecular flexibility index (Phi) is 6.99. The van der Waals surface area contributed by atoms with Gasteiger partial charge in [-0.15, -0.1) is 0 Å². The normalized spacial score (nSPS) is 22.1. The lowest BCUT2D eigenvalue weighted by atomic mass is 9.94. The van der Waals surface area contributed by atoms with Crippen LogP contribution in [0.4, 0.5) is 22.0 Å². The van der Waals surface area contributed by atoms with Gasteiger partial charge in [-0.05, 0) is 38.0 Å². The van der Waals surface area contributed by atoms with Gasteiger partial charge in [-0.3, -0.25) is 4.98 Å². The Bertz CT molecular complexity index is 1280. The highest BCUT2D eigenvalue weighted by Gasteiger charge is 2.46. The summed E-state index contributed by atoms with van der Waals surface area (Å²) in [6, 6.07) is 4.14. The van der Waals surface area contributed by atoms with Crippen LogP contribution in [0.5, 0.6) is 5.75 Å². The fraction of sp³-hybridized carbons (Fsp3) is 0.450. The number of alkyl halides is 5. The lowest BCUT2D eigenvalue weighted by molar-refractivity contribution is -0.137. The SMILES string of the molecule is CC1(S(=O)(=O)c2cccc(C(F)(F)F)c2)CCOC(c2ncc(S(C)(=O)=O)cc2OC(F)F)C1. The summed E-state index contributed by atoms with van der Waals surface area (Å²) in [5.41, 5.74) is -1.38. The Morgan fingerprint density at radius 1 is 1.15 bits per heavy atom. The lowest BCUT2D eigenvalue weighted by Crippen LogP contribution is -2.42. The minimum Gasteiger partial charge on any atom is -0.433 e. The van der Waals surface area contributed by atoms with Crippen LogP contribution >= 0.6 is 0 Å². The number of pyridine rings is 1. The third-order valence-electron chi connectivity index (χ3n) is 5.49. The Morgan fingerprint density at radius 3 is 2.41 bits per heavy atom. The molecule has 0 aliphatic carbocycles. The third kappa shape index (κ3) is 5.33. The summed E-state index contributed by atoms with van der Waals surface area (Å²) in [5.74, 6) is -0.608. The zero-order valence-corrected chi connectivity index (χ0v) is 19.5. The van der Waals surface area contributed by atoms with Crippen LogP contribution in [0.25, 0.3) is 0 Å². The molecule has 0 N–H and O–H groups in total. The lowest BCUT2D eigenvalue weighted by Gasteiger charge is -2.37. The van der Waals surface area contributed by atoms with Gasteiger partial charge in [-0.1, -0.05) is 6.07 Å². The molecule has 2 unspecified atom stereocenters. The summed E-state index contributed by atoms with van der Waals surface area (Å²) in [4.78, 5) is 2.94. The highest BCUT2D eigenvalue weighted by atomic mass is 32.2. The van der Waals surface area contributed by atoms with E-state index in [1.807, 2.05) is 0 Å². The summed E-state index contributed by atoms with van der Waals surface area (Å²) < 4.78 is 124. The number of halogens is 5. The molecule has 1 aromatic carbocycles. The Morgan fingerprint density at radius 2 is 1.82 bits per heavy atom. The van der Waals surface area contributed by atoms with Gasteiger partial charge in [-0.25, -0.2) is 16.8 Å². The van der Waals surface area contributed by atoms with Gasteiger partial charge >= 0.3 is 12.8 Å². The van der Waals surface area contributed by atoms with Crippen molar-refractivity contribution < 1.29 is 48.3 Å². The molecule has 1 aromatic heterocycles. The molecular formula is C20H20F5NO6S2. The number of sulfone groups is 2. The van der Waals surface area contributed by atoms with Gasteiger partial charge in [-0.2, -0.15) is 22.0 Å². The second-order valence-electron chi connectivity index (χ2n) is 8.00. The molecule has 1 aliphatic rings. The zero-order chi connectivity index (χ0) is 25.5. The van der Waals surface area contributed by atoms with E-state index in [1.54, 1.807) is 0 Å². The van der Waals surface area contributed by atoms with Gasteiger partial charge in [0.25, 0.3) is 0 Å². The average Bonchev–Trinajstić information content (AvgIpc) is 2.72. The summed E-state index contributed by atoms with van der Waals surface area (Å²) >= 11 is 0. The van der Waals surface area contributed by atoms with Gasteiger partial charge in [0.05, 0.1) is 20.1 Å². The Hall–Kier alpha value is -2.32. The fourth-order valence-electron chi connectivity index (χ4n) is 3.59. The van der Waals surface area contributed by atoms with E-state index in [-0.39, 0.29) is 25.1 Å². The van der Waals surface area contributed by atoms with Crippen molar-refractivity contribution in [2.75, 3.05) is 12.9 Å². The minimum absolute atomic E-state index is 0.0888. The van der Waals surface area contributed by atoms with Crippen molar-refractivity contribution in [2.45, 2.75) is 53.2 Å². The number of rotatable bonds is 6. The van der Waals surface area contributed by atoms with E-state index in [4.69, 9.17) is 4.74 Å². The standard InChI is InChI=1S/C20H20F5NO6S2/c1-19(34(29,30)13-5-3-4-12(8-13)20(23,24)25)6-7-31-16(10-19)17-15(32-18(21)22)9-14(11-26-17)33(2,27)28/h3-5,8-9,11,16,18H,6-7,10H2,1-2H3. The molecule has 0 amide bonds. The summed E-state index contributed by atoms with van der Waals surface area (Å²) in [6.07, 6.45) is -4.66. The van der Waals surface area contributed by atoms with Crippen LogP contribution in [0, 0.1) is 0 Å². The van der Waals surface area contributed by atoms with Crippen molar-refractivity contribution >= 4 is 19.7 Å². The van der Waals surface area contributed by atoms with Crippen molar-refractivity contribution in [3.8, 4) is 5.75 Å². The quantitative estimate of drug-likeness (QED) is 0.518. The van der Waals surface area contributed by atoms with Crippen LogP contribution < -0.4 is 4.74 Å². The minimum atomic E-state index is -4.75. The van der Waals surface area contributed by atoms with Gasteiger partial charge in [0.1, 0.15) is 11.8 Å². The van der Waals surface area contributed by atoms with Gasteiger partial charge in [0.15, 0.2) is 25.4 Å². The van der Waals surface area contributed by atoms with E-state index in [0.717, 1.165) is 36.7 Å². The third-order valence-corrected chi connectivity index (χ3v) is 9.12. The maximum Gasteiger partial charge on any atom is 0.416 e. The molecule has 2 heterocycles. The maximum absolute atomic E-state index is 13.3. The van der Waals surface area contributed by atoms with Crippen molar-refractivity contribution in [2.24, 2.45) is 0 Å². The van der Waals surface area contributed by atoms with Gasteiger partial charge in [0, 0.05) is 25.1 Å². The van der Waals surface area contributed by atoms with E-state index >= 15 is 0 Å². The molecule has 3 rings (SSSR count). The molecule has 0 spiro atoms. The van der Waals surface area contributed by atoms with Crippen LogP contribution in [0.2, 0.25) is 0 Å². The number of ether oxygens (including phenoxy) is 2. The van der Waals surface area contributed by atoms with Crippen LogP contribution in [-0.4, -0.2) is 46.0 Å². The number of hydrogen-bond donors (Lipinski definition) is 0. The van der Waals surface area contributed by atoms with E-state index in [9.17, 15) is 38.8 Å². The molecule has 0 radical (unpaired) electrons. The van der Waals surface area contributed by atoms with Gasteiger partial charge in [0.2, 0.25) is 0 Å². The highest BCUT2D eigenvalue weighted by Crippen LogP contribution is 2.44. The maximum atomic E-state index is 13.3. The predicted octanol–water partition coefficient (Wildman–Crippen LogP) is 4.19. The van der Waals surface area contributed by atoms with E-state index in [0.29, 0.717) is 6.07 Å². The monoisotopic (exact) mass is 529 g/mol. The van der Waals surface area contributed by atoms with Gasteiger partial charge < -0.3 is 9.47 Å². The molecule has 14 heteroatoms. The first-order chi connectivity index (χ1) is 15.5. The average molecular weight is 530 g/mol. The van der Waals surface area contributed by atoms with E-state index in [2.05, 4.69) is 9.72 Å². The summed E-state index contributed by atoms with van der Waals surface area (Å²) in [6.45, 7) is -2.20. The summed E-state index contributed by atoms with van der Waals surface area (Å²) in [5, 5.41) is 0. The summed E-state index contributed by atoms with van der Waals surface area (Å²) in [7, 11) is -8.17. The number of aromatic nitrogens is 1. The topological polar surface area (TPSA) is 99.6 Å². The van der Waals surface area contributed by atoms with Crippen molar-refractivity contribution in [1.82, 2.24) is 4.98 Å². The molecule has 34 heavy (non-hydrogen) atoms. The molecule has 2 aromatic rings. The van der Waals surface area contributed by atoms with Crippen molar-refractivity contribution in [3.05, 3.63) is 47.8 Å². The second kappa shape index (κ2) is 9.04. The van der Waals surface area contributed by atoms with E-state index in [1.165, 1.54) is 6.92 Å². The predicted molar refractivity (Wildman–Crippen MR) is 109 cm³/mol. The van der Waals surface area contributed by atoms with Crippen LogP contribution in [0.15, 0.2) is 46.3 Å². The Labute approximate surface area is 192 Å². The van der Waals surface area contributed by atoms with Crippen molar-refractivity contribution in [3.63, 3.8) is 0 Å². The van der Waals surface area contributed by atoms with Crippen LogP contribution in [-0.2, 0) is 30.6 Å². The number of benzene rings is 1. The van der Waals surface area contributed by atoms with E-state index < -0.39 is 64.4 Å². The molecular weight excluding hydrogens is 509 g/mol.